The van der Waals surface area contributed by atoms with E-state index in [0.29, 0.717) is 10.0 Å². The molecule has 0 fully saturated rings. The van der Waals surface area contributed by atoms with Gasteiger partial charge in [-0.2, -0.15) is 0 Å². The molecule has 0 radical (unpaired) electrons. The SMILES string of the molecule is CS(=O)(=O)c1ccc(C(NN)c2cccc(Cl)c2Cl)cc1. The Morgan fingerprint density at radius 2 is 1.71 bits per heavy atom. The fourth-order valence-electron chi connectivity index (χ4n) is 2.02. The van der Waals surface area contributed by atoms with Crippen molar-refractivity contribution in [2.24, 2.45) is 5.84 Å². The maximum atomic E-state index is 11.5. The molecule has 2 rings (SSSR count). The molecule has 0 spiro atoms. The predicted octanol–water partition coefficient (Wildman–Crippen LogP) is 2.95. The second-order valence-corrected chi connectivity index (χ2v) is 7.38. The molecule has 0 aliphatic carbocycles. The summed E-state index contributed by atoms with van der Waals surface area (Å²) in [6, 6.07) is 11.3. The van der Waals surface area contributed by atoms with Gasteiger partial charge in [-0.05, 0) is 29.3 Å². The van der Waals surface area contributed by atoms with Crippen molar-refractivity contribution in [3.05, 3.63) is 63.6 Å². The highest BCUT2D eigenvalue weighted by molar-refractivity contribution is 7.90. The molecule has 0 heterocycles. The summed E-state index contributed by atoms with van der Waals surface area (Å²) in [6.07, 6.45) is 1.16. The lowest BCUT2D eigenvalue weighted by Crippen LogP contribution is -2.29. The minimum absolute atomic E-state index is 0.249. The fourth-order valence-corrected chi connectivity index (χ4v) is 3.06. The van der Waals surface area contributed by atoms with Crippen molar-refractivity contribution in [2.45, 2.75) is 10.9 Å². The summed E-state index contributed by atoms with van der Waals surface area (Å²) in [5.74, 6) is 5.61. The number of benzene rings is 2. The van der Waals surface area contributed by atoms with Gasteiger partial charge >= 0.3 is 0 Å². The average molecular weight is 345 g/mol. The minimum Gasteiger partial charge on any atom is -0.271 e. The monoisotopic (exact) mass is 344 g/mol. The predicted molar refractivity (Wildman–Crippen MR) is 85.2 cm³/mol. The molecule has 0 saturated heterocycles. The summed E-state index contributed by atoms with van der Waals surface area (Å²) in [7, 11) is -3.23. The summed E-state index contributed by atoms with van der Waals surface area (Å²) in [5, 5.41) is 0.844. The first-order valence-electron chi connectivity index (χ1n) is 6.04. The molecule has 112 valence electrons. The molecule has 3 N–H and O–H groups in total. The zero-order valence-electron chi connectivity index (χ0n) is 11.2. The van der Waals surface area contributed by atoms with Crippen molar-refractivity contribution in [3.8, 4) is 0 Å². The van der Waals surface area contributed by atoms with Crippen molar-refractivity contribution in [1.29, 1.82) is 0 Å². The highest BCUT2D eigenvalue weighted by Crippen LogP contribution is 2.33. The van der Waals surface area contributed by atoms with Crippen LogP contribution >= 0.6 is 23.2 Å². The lowest BCUT2D eigenvalue weighted by atomic mass is 9.99. The van der Waals surface area contributed by atoms with Gasteiger partial charge in [0.05, 0.1) is 21.0 Å². The zero-order valence-corrected chi connectivity index (χ0v) is 13.5. The summed E-state index contributed by atoms with van der Waals surface area (Å²) in [6.45, 7) is 0. The van der Waals surface area contributed by atoms with Crippen molar-refractivity contribution in [2.75, 3.05) is 6.26 Å². The van der Waals surface area contributed by atoms with Crippen LogP contribution in [0.2, 0.25) is 10.0 Å². The Kier molecular flexibility index (Phi) is 4.91. The molecule has 0 aliphatic heterocycles. The van der Waals surface area contributed by atoms with Gasteiger partial charge in [-0.1, -0.05) is 47.5 Å². The normalized spacial score (nSPS) is 13.1. The number of halogens is 2. The minimum atomic E-state index is -3.23. The lowest BCUT2D eigenvalue weighted by molar-refractivity contribution is 0.601. The molecule has 2 aromatic carbocycles. The molecule has 0 aromatic heterocycles. The third-order valence-electron chi connectivity index (χ3n) is 3.10. The van der Waals surface area contributed by atoms with Crippen LogP contribution in [0.5, 0.6) is 0 Å². The van der Waals surface area contributed by atoms with Gasteiger partial charge in [0.25, 0.3) is 0 Å². The third-order valence-corrected chi connectivity index (χ3v) is 5.06. The maximum Gasteiger partial charge on any atom is 0.175 e. The number of hydrazine groups is 1. The van der Waals surface area contributed by atoms with Gasteiger partial charge < -0.3 is 0 Å². The summed E-state index contributed by atoms with van der Waals surface area (Å²) in [4.78, 5) is 0.249. The number of nitrogens with one attached hydrogen (secondary N) is 1. The zero-order chi connectivity index (χ0) is 15.6. The summed E-state index contributed by atoms with van der Waals surface area (Å²) in [5.41, 5.74) is 4.18. The van der Waals surface area contributed by atoms with Crippen LogP contribution in [-0.2, 0) is 9.84 Å². The van der Waals surface area contributed by atoms with Gasteiger partial charge in [0.1, 0.15) is 0 Å². The Hall–Kier alpha value is -1.11. The number of sulfone groups is 1. The van der Waals surface area contributed by atoms with E-state index in [4.69, 9.17) is 29.0 Å². The molecular formula is C14H14Cl2N2O2S. The van der Waals surface area contributed by atoms with Gasteiger partial charge in [0.2, 0.25) is 0 Å². The van der Waals surface area contributed by atoms with Crippen LogP contribution in [0, 0.1) is 0 Å². The second-order valence-electron chi connectivity index (χ2n) is 4.58. The summed E-state index contributed by atoms with van der Waals surface area (Å²) < 4.78 is 22.9. The van der Waals surface area contributed by atoms with E-state index in [9.17, 15) is 8.42 Å². The highest BCUT2D eigenvalue weighted by Gasteiger charge is 2.18. The Balaban J connectivity index is 2.45. The van der Waals surface area contributed by atoms with Crippen LogP contribution in [-0.4, -0.2) is 14.7 Å². The molecule has 2 aromatic rings. The molecule has 0 saturated carbocycles. The Morgan fingerprint density at radius 1 is 1.10 bits per heavy atom. The van der Waals surface area contributed by atoms with Crippen molar-refractivity contribution in [3.63, 3.8) is 0 Å². The quantitative estimate of drug-likeness (QED) is 0.660. The molecule has 4 nitrogen and oxygen atoms in total. The molecule has 1 atom stereocenters. The van der Waals surface area contributed by atoms with Crippen molar-refractivity contribution in [1.82, 2.24) is 5.43 Å². The molecule has 0 bridgehead atoms. The van der Waals surface area contributed by atoms with E-state index in [1.54, 1.807) is 24.3 Å². The summed E-state index contributed by atoms with van der Waals surface area (Å²) >= 11 is 12.2. The van der Waals surface area contributed by atoms with E-state index in [2.05, 4.69) is 5.43 Å². The molecule has 21 heavy (non-hydrogen) atoms. The van der Waals surface area contributed by atoms with E-state index in [-0.39, 0.29) is 10.9 Å². The van der Waals surface area contributed by atoms with Gasteiger partial charge in [-0.25, -0.2) is 13.8 Å². The van der Waals surface area contributed by atoms with E-state index in [0.717, 1.165) is 17.4 Å². The van der Waals surface area contributed by atoms with Gasteiger partial charge in [0.15, 0.2) is 9.84 Å². The number of rotatable bonds is 4. The standard InChI is InChI=1S/C14H14Cl2N2O2S/c1-21(19,20)10-7-5-9(6-8-10)14(18-17)11-3-2-4-12(15)13(11)16/h2-8,14,18H,17H2,1H3. The molecular weight excluding hydrogens is 331 g/mol. The Bertz CT molecular complexity index is 746. The third kappa shape index (κ3) is 3.56. The number of hydrogen-bond donors (Lipinski definition) is 2. The van der Waals surface area contributed by atoms with Crippen molar-refractivity contribution < 1.29 is 8.42 Å². The van der Waals surface area contributed by atoms with Gasteiger partial charge in [-0.3, -0.25) is 5.84 Å². The van der Waals surface area contributed by atoms with Gasteiger partial charge in [-0.15, -0.1) is 0 Å². The fraction of sp³-hybridized carbons (Fsp3) is 0.143. The maximum absolute atomic E-state index is 11.5. The molecule has 7 heteroatoms. The van der Waals surface area contributed by atoms with E-state index in [1.807, 2.05) is 6.07 Å². The second kappa shape index (κ2) is 6.34. The van der Waals surface area contributed by atoms with Crippen LogP contribution in [0.1, 0.15) is 17.2 Å². The lowest BCUT2D eigenvalue weighted by Gasteiger charge is -2.19. The Morgan fingerprint density at radius 3 is 2.24 bits per heavy atom. The van der Waals surface area contributed by atoms with E-state index in [1.165, 1.54) is 12.1 Å². The van der Waals surface area contributed by atoms with E-state index >= 15 is 0 Å². The molecule has 0 amide bonds. The number of nitrogens with two attached hydrogens (primary N) is 1. The first-order valence-corrected chi connectivity index (χ1v) is 8.69. The van der Waals surface area contributed by atoms with Crippen LogP contribution in [0.3, 0.4) is 0 Å². The van der Waals surface area contributed by atoms with Crippen LogP contribution in [0.15, 0.2) is 47.4 Å². The van der Waals surface area contributed by atoms with Crippen molar-refractivity contribution >= 4 is 33.0 Å². The largest absolute Gasteiger partial charge is 0.271 e. The number of hydrogen-bond acceptors (Lipinski definition) is 4. The van der Waals surface area contributed by atoms with Crippen LogP contribution in [0.25, 0.3) is 0 Å². The molecule has 0 aliphatic rings. The topological polar surface area (TPSA) is 72.2 Å². The Labute approximate surface area is 133 Å². The average Bonchev–Trinajstić information content (AvgIpc) is 2.44. The highest BCUT2D eigenvalue weighted by atomic mass is 35.5. The smallest absolute Gasteiger partial charge is 0.175 e. The molecule has 1 unspecified atom stereocenters. The van der Waals surface area contributed by atoms with Crippen LogP contribution in [0.4, 0.5) is 0 Å². The van der Waals surface area contributed by atoms with Crippen LogP contribution < -0.4 is 11.3 Å². The first-order chi connectivity index (χ1) is 9.84. The first kappa shape index (κ1) is 16.3. The van der Waals surface area contributed by atoms with Gasteiger partial charge in [0, 0.05) is 6.26 Å². The van der Waals surface area contributed by atoms with E-state index < -0.39 is 9.84 Å².